The lowest BCUT2D eigenvalue weighted by Gasteiger charge is -2.12. The van der Waals surface area contributed by atoms with E-state index in [-0.39, 0.29) is 12.5 Å². The third kappa shape index (κ3) is 5.11. The number of ether oxygens (including phenoxy) is 2. The van der Waals surface area contributed by atoms with Crippen LogP contribution in [0, 0.1) is 0 Å². The third-order valence-corrected chi connectivity index (χ3v) is 3.89. The van der Waals surface area contributed by atoms with Gasteiger partial charge in [0.2, 0.25) is 5.91 Å². The molecule has 142 valence electrons. The number of para-hydroxylation sites is 2. The highest BCUT2D eigenvalue weighted by atomic mass is 16.5. The van der Waals surface area contributed by atoms with E-state index < -0.39 is 5.91 Å². The van der Waals surface area contributed by atoms with Crippen molar-refractivity contribution in [1.29, 1.82) is 0 Å². The Balaban J connectivity index is 1.62. The van der Waals surface area contributed by atoms with E-state index in [1.54, 1.807) is 42.5 Å². The molecular weight excluding hydrogens is 356 g/mol. The Morgan fingerprint density at radius 2 is 1.54 bits per heavy atom. The molecule has 0 saturated carbocycles. The van der Waals surface area contributed by atoms with E-state index in [0.717, 1.165) is 5.75 Å². The molecule has 28 heavy (non-hydrogen) atoms. The maximum atomic E-state index is 12.6. The molecule has 0 atom stereocenters. The second kappa shape index (κ2) is 9.23. The minimum Gasteiger partial charge on any atom is -0.490 e. The third-order valence-electron chi connectivity index (χ3n) is 3.89. The molecule has 0 fully saturated rings. The zero-order chi connectivity index (χ0) is 19.8. The van der Waals surface area contributed by atoms with Gasteiger partial charge < -0.3 is 20.5 Å². The first-order valence-corrected chi connectivity index (χ1v) is 8.74. The molecule has 0 radical (unpaired) electrons. The van der Waals surface area contributed by atoms with E-state index in [1.165, 1.54) is 6.07 Å². The highest BCUT2D eigenvalue weighted by molar-refractivity contribution is 6.06. The van der Waals surface area contributed by atoms with Crippen LogP contribution in [0.2, 0.25) is 0 Å². The van der Waals surface area contributed by atoms with Crippen molar-refractivity contribution in [3.05, 3.63) is 90.0 Å². The van der Waals surface area contributed by atoms with Crippen molar-refractivity contribution in [3.8, 4) is 11.5 Å². The molecule has 3 aromatic rings. The summed E-state index contributed by atoms with van der Waals surface area (Å²) < 4.78 is 11.3. The first kappa shape index (κ1) is 19.0. The molecule has 0 bridgehead atoms. The average molecular weight is 376 g/mol. The molecule has 0 unspecified atom stereocenters. The van der Waals surface area contributed by atoms with Crippen molar-refractivity contribution in [2.45, 2.75) is 0 Å². The van der Waals surface area contributed by atoms with Gasteiger partial charge in [0.1, 0.15) is 24.7 Å². The van der Waals surface area contributed by atoms with Crippen LogP contribution in [0.1, 0.15) is 20.7 Å². The predicted molar refractivity (Wildman–Crippen MR) is 107 cm³/mol. The monoisotopic (exact) mass is 376 g/mol. The smallest absolute Gasteiger partial charge is 0.259 e. The largest absolute Gasteiger partial charge is 0.490 e. The van der Waals surface area contributed by atoms with E-state index in [9.17, 15) is 9.59 Å². The maximum Gasteiger partial charge on any atom is 0.259 e. The van der Waals surface area contributed by atoms with E-state index in [4.69, 9.17) is 15.2 Å². The minimum absolute atomic E-state index is 0.288. The number of nitrogens with two attached hydrogens (primary N) is 1. The van der Waals surface area contributed by atoms with Crippen LogP contribution in [0.25, 0.3) is 0 Å². The summed E-state index contributed by atoms with van der Waals surface area (Å²) in [4.78, 5) is 23.9. The fourth-order valence-electron chi connectivity index (χ4n) is 2.56. The van der Waals surface area contributed by atoms with Crippen molar-refractivity contribution < 1.29 is 19.1 Å². The van der Waals surface area contributed by atoms with Gasteiger partial charge in [-0.15, -0.1) is 0 Å². The lowest BCUT2D eigenvalue weighted by Crippen LogP contribution is -2.16. The highest BCUT2D eigenvalue weighted by Crippen LogP contribution is 2.20. The Bertz CT molecular complexity index is 958. The molecule has 0 heterocycles. The molecule has 2 amide bonds. The van der Waals surface area contributed by atoms with Crippen LogP contribution in [0.15, 0.2) is 78.9 Å². The topological polar surface area (TPSA) is 90.7 Å². The molecule has 3 rings (SSSR count). The van der Waals surface area contributed by atoms with Gasteiger partial charge in [-0.2, -0.15) is 0 Å². The number of hydrogen-bond donors (Lipinski definition) is 2. The summed E-state index contributed by atoms with van der Waals surface area (Å²) >= 11 is 0. The second-order valence-corrected chi connectivity index (χ2v) is 5.91. The molecule has 0 aliphatic rings. The zero-order valence-corrected chi connectivity index (χ0v) is 15.1. The van der Waals surface area contributed by atoms with Crippen LogP contribution < -0.4 is 20.5 Å². The van der Waals surface area contributed by atoms with Gasteiger partial charge in [-0.1, -0.05) is 36.4 Å². The number of hydrogen-bond acceptors (Lipinski definition) is 4. The van der Waals surface area contributed by atoms with E-state index in [2.05, 4.69) is 5.32 Å². The summed E-state index contributed by atoms with van der Waals surface area (Å²) in [6.45, 7) is 0.636. The Hall–Kier alpha value is -3.80. The fraction of sp³-hybridized carbons (Fsp3) is 0.0909. The predicted octanol–water partition coefficient (Wildman–Crippen LogP) is 3.50. The van der Waals surface area contributed by atoms with Crippen molar-refractivity contribution in [2.24, 2.45) is 5.73 Å². The van der Waals surface area contributed by atoms with Gasteiger partial charge in [0.25, 0.3) is 5.91 Å². The van der Waals surface area contributed by atoms with Gasteiger partial charge in [0.05, 0.1) is 5.56 Å². The number of rotatable bonds is 8. The Morgan fingerprint density at radius 1 is 0.821 bits per heavy atom. The first-order chi connectivity index (χ1) is 13.6. The zero-order valence-electron chi connectivity index (χ0n) is 15.1. The number of benzene rings is 3. The van der Waals surface area contributed by atoms with Crippen LogP contribution >= 0.6 is 0 Å². The summed E-state index contributed by atoms with van der Waals surface area (Å²) in [6, 6.07) is 22.8. The van der Waals surface area contributed by atoms with Gasteiger partial charge in [-0.3, -0.25) is 9.59 Å². The normalized spacial score (nSPS) is 10.1. The van der Waals surface area contributed by atoms with Gasteiger partial charge in [-0.25, -0.2) is 0 Å². The van der Waals surface area contributed by atoms with E-state index in [0.29, 0.717) is 29.2 Å². The maximum absolute atomic E-state index is 12.6. The summed E-state index contributed by atoms with van der Waals surface area (Å²) in [5, 5.41) is 2.75. The van der Waals surface area contributed by atoms with Crippen LogP contribution in [-0.2, 0) is 0 Å². The Labute approximate surface area is 162 Å². The SMILES string of the molecule is NC(=O)c1cccc(NC(=O)c2ccccc2OCCOc2ccccc2)c1. The van der Waals surface area contributed by atoms with Crippen LogP contribution in [0.5, 0.6) is 11.5 Å². The van der Waals surface area contributed by atoms with Crippen molar-refractivity contribution in [1.82, 2.24) is 0 Å². The molecule has 0 aliphatic carbocycles. The molecule has 0 saturated heterocycles. The Kier molecular flexibility index (Phi) is 6.25. The summed E-state index contributed by atoms with van der Waals surface area (Å²) in [5.41, 5.74) is 6.45. The van der Waals surface area contributed by atoms with Gasteiger partial charge >= 0.3 is 0 Å². The average Bonchev–Trinajstić information content (AvgIpc) is 2.72. The minimum atomic E-state index is -0.557. The lowest BCUT2D eigenvalue weighted by atomic mass is 10.1. The van der Waals surface area contributed by atoms with Crippen molar-refractivity contribution >= 4 is 17.5 Å². The second-order valence-electron chi connectivity index (χ2n) is 5.91. The van der Waals surface area contributed by atoms with E-state index in [1.807, 2.05) is 30.3 Å². The number of nitrogens with one attached hydrogen (secondary N) is 1. The molecule has 0 aliphatic heterocycles. The molecule has 6 heteroatoms. The molecule has 0 spiro atoms. The quantitative estimate of drug-likeness (QED) is 0.589. The molecule has 3 aromatic carbocycles. The van der Waals surface area contributed by atoms with Crippen molar-refractivity contribution in [3.63, 3.8) is 0 Å². The van der Waals surface area contributed by atoms with Crippen LogP contribution in [0.4, 0.5) is 5.69 Å². The summed E-state index contributed by atoms with van der Waals surface area (Å²) in [6.07, 6.45) is 0. The van der Waals surface area contributed by atoms with Gasteiger partial charge in [-0.05, 0) is 42.5 Å². The van der Waals surface area contributed by atoms with Crippen LogP contribution in [0.3, 0.4) is 0 Å². The lowest BCUT2D eigenvalue weighted by molar-refractivity contribution is 0.0995. The number of carbonyl (C=O) groups excluding carboxylic acids is 2. The first-order valence-electron chi connectivity index (χ1n) is 8.74. The number of carbonyl (C=O) groups is 2. The van der Waals surface area contributed by atoms with Gasteiger partial charge in [0.15, 0.2) is 0 Å². The number of anilines is 1. The molecule has 3 N–H and O–H groups in total. The molecular formula is C22H20N2O4. The summed E-state index contributed by atoms with van der Waals surface area (Å²) in [7, 11) is 0. The number of amides is 2. The van der Waals surface area contributed by atoms with Crippen molar-refractivity contribution in [2.75, 3.05) is 18.5 Å². The van der Waals surface area contributed by atoms with E-state index >= 15 is 0 Å². The fourth-order valence-corrected chi connectivity index (χ4v) is 2.56. The Morgan fingerprint density at radius 3 is 2.32 bits per heavy atom. The highest BCUT2D eigenvalue weighted by Gasteiger charge is 2.13. The standard InChI is InChI=1S/C22H20N2O4/c23-21(25)16-7-6-8-17(15-16)24-22(26)19-11-4-5-12-20(19)28-14-13-27-18-9-2-1-3-10-18/h1-12,15H,13-14H2,(H2,23,25)(H,24,26). The summed E-state index contributed by atoms with van der Waals surface area (Å²) in [5.74, 6) is 0.300. The van der Waals surface area contributed by atoms with Crippen LogP contribution in [-0.4, -0.2) is 25.0 Å². The molecule has 6 nitrogen and oxygen atoms in total. The molecule has 0 aromatic heterocycles. The van der Waals surface area contributed by atoms with Gasteiger partial charge in [0, 0.05) is 11.3 Å². The number of primary amides is 1.